The van der Waals surface area contributed by atoms with E-state index in [-0.39, 0.29) is 6.04 Å². The molecule has 3 heterocycles. The molecule has 1 aromatic heterocycles. The molecule has 0 N–H and O–H groups in total. The number of hydrazone groups is 1. The lowest BCUT2D eigenvalue weighted by Crippen LogP contribution is -2.33. The van der Waals surface area contributed by atoms with Gasteiger partial charge >= 0.3 is 0 Å². The molecule has 3 aromatic rings. The van der Waals surface area contributed by atoms with Gasteiger partial charge in [0.25, 0.3) is 0 Å². The maximum atomic E-state index is 6.45. The second-order valence-corrected chi connectivity index (χ2v) is 9.03. The summed E-state index contributed by atoms with van der Waals surface area (Å²) in [6.45, 7) is 2.88. The SMILES string of the molecule is CCCCCCOc1ccc([C@H]2Oc3ccc(Cl)cc3[C@H]3CC(c4ccco4)=NN32)cc1OC. The first-order valence-corrected chi connectivity index (χ1v) is 12.2. The van der Waals surface area contributed by atoms with Crippen LogP contribution in [0, 0.1) is 0 Å². The maximum Gasteiger partial charge on any atom is 0.214 e. The summed E-state index contributed by atoms with van der Waals surface area (Å²) >= 11 is 6.32. The van der Waals surface area contributed by atoms with E-state index in [4.69, 9.17) is 35.3 Å². The summed E-state index contributed by atoms with van der Waals surface area (Å²) in [6.07, 6.45) is 6.58. The van der Waals surface area contributed by atoms with Gasteiger partial charge in [0.2, 0.25) is 6.23 Å². The van der Waals surface area contributed by atoms with Gasteiger partial charge in [0, 0.05) is 22.6 Å². The van der Waals surface area contributed by atoms with Crippen molar-refractivity contribution in [2.75, 3.05) is 13.7 Å². The Kier molecular flexibility index (Phi) is 6.68. The summed E-state index contributed by atoms with van der Waals surface area (Å²) in [7, 11) is 1.66. The van der Waals surface area contributed by atoms with Gasteiger partial charge in [0.15, 0.2) is 11.5 Å². The van der Waals surface area contributed by atoms with Crippen LogP contribution in [0.25, 0.3) is 0 Å². The van der Waals surface area contributed by atoms with E-state index in [1.807, 2.05) is 53.5 Å². The molecule has 5 rings (SSSR count). The number of benzene rings is 2. The Balaban J connectivity index is 1.44. The van der Waals surface area contributed by atoms with Crippen LogP contribution in [-0.4, -0.2) is 24.4 Å². The third-order valence-electron chi connectivity index (χ3n) is 6.29. The zero-order chi connectivity index (χ0) is 23.5. The van der Waals surface area contributed by atoms with E-state index < -0.39 is 6.23 Å². The van der Waals surface area contributed by atoms with Crippen LogP contribution in [0.15, 0.2) is 64.3 Å². The standard InChI is InChI=1S/C27H29ClN2O4/c1-3-4-5-6-13-33-25-11-9-18(15-26(25)31-2)27-30-22(17-21(29-30)24-8-7-14-32-24)20-16-19(28)10-12-23(20)34-27/h7-12,14-16,22,27H,3-6,13,17H2,1-2H3/t22-,27-/m1/s1. The van der Waals surface area contributed by atoms with E-state index in [2.05, 4.69) is 6.92 Å². The molecule has 2 aliphatic heterocycles. The molecule has 0 amide bonds. The molecule has 0 spiro atoms. The highest BCUT2D eigenvalue weighted by atomic mass is 35.5. The van der Waals surface area contributed by atoms with Gasteiger partial charge in [-0.25, -0.2) is 5.01 Å². The van der Waals surface area contributed by atoms with Crippen LogP contribution in [-0.2, 0) is 0 Å². The summed E-state index contributed by atoms with van der Waals surface area (Å²) in [5, 5.41) is 7.58. The number of hydrogen-bond acceptors (Lipinski definition) is 6. The Bertz CT molecular complexity index is 1160. The predicted molar refractivity (Wildman–Crippen MR) is 132 cm³/mol. The van der Waals surface area contributed by atoms with Crippen LogP contribution < -0.4 is 14.2 Å². The first-order valence-electron chi connectivity index (χ1n) is 11.8. The van der Waals surface area contributed by atoms with Gasteiger partial charge in [0.05, 0.1) is 26.0 Å². The second kappa shape index (κ2) is 10.0. The summed E-state index contributed by atoms with van der Waals surface area (Å²) in [5.41, 5.74) is 2.84. The van der Waals surface area contributed by atoms with Crippen LogP contribution in [0.4, 0.5) is 0 Å². The molecule has 178 valence electrons. The molecule has 0 aliphatic carbocycles. The number of halogens is 1. The number of rotatable bonds is 9. The molecule has 0 radical (unpaired) electrons. The molecule has 2 aromatic carbocycles. The molecule has 7 heteroatoms. The van der Waals surface area contributed by atoms with Crippen LogP contribution in [0.3, 0.4) is 0 Å². The van der Waals surface area contributed by atoms with Crippen LogP contribution in [0.2, 0.25) is 5.02 Å². The van der Waals surface area contributed by atoms with Crippen LogP contribution in [0.5, 0.6) is 17.2 Å². The fraction of sp³-hybridized carbons (Fsp3) is 0.370. The van der Waals surface area contributed by atoms with Gasteiger partial charge < -0.3 is 18.6 Å². The highest BCUT2D eigenvalue weighted by molar-refractivity contribution is 6.30. The molecule has 2 atom stereocenters. The smallest absolute Gasteiger partial charge is 0.214 e. The monoisotopic (exact) mass is 480 g/mol. The maximum absolute atomic E-state index is 6.45. The Labute approximate surface area is 205 Å². The van der Waals surface area contributed by atoms with Gasteiger partial charge in [-0.1, -0.05) is 37.8 Å². The molecular formula is C27H29ClN2O4. The summed E-state index contributed by atoms with van der Waals surface area (Å²) < 4.78 is 23.7. The Morgan fingerprint density at radius 1 is 1.09 bits per heavy atom. The second-order valence-electron chi connectivity index (χ2n) is 8.60. The third-order valence-corrected chi connectivity index (χ3v) is 6.52. The summed E-state index contributed by atoms with van der Waals surface area (Å²) in [4.78, 5) is 0. The number of furan rings is 1. The highest BCUT2D eigenvalue weighted by Gasteiger charge is 2.41. The zero-order valence-corrected chi connectivity index (χ0v) is 20.3. The van der Waals surface area contributed by atoms with Crippen LogP contribution in [0.1, 0.15) is 68.2 Å². The number of methoxy groups -OCH3 is 1. The normalized spacial score (nSPS) is 18.7. The van der Waals surface area contributed by atoms with Crippen molar-refractivity contribution in [1.29, 1.82) is 0 Å². The lowest BCUT2D eigenvalue weighted by molar-refractivity contribution is -0.0191. The summed E-state index contributed by atoms with van der Waals surface area (Å²) in [5.74, 6) is 3.00. The molecule has 0 unspecified atom stereocenters. The van der Waals surface area contributed by atoms with Crippen molar-refractivity contribution in [3.63, 3.8) is 0 Å². The number of hydrogen-bond donors (Lipinski definition) is 0. The van der Waals surface area contributed by atoms with Crippen molar-refractivity contribution in [2.45, 2.75) is 51.3 Å². The zero-order valence-electron chi connectivity index (χ0n) is 19.5. The van der Waals surface area contributed by atoms with Crippen molar-refractivity contribution in [3.8, 4) is 17.2 Å². The highest BCUT2D eigenvalue weighted by Crippen LogP contribution is 2.49. The molecule has 34 heavy (non-hydrogen) atoms. The minimum Gasteiger partial charge on any atom is -0.493 e. The fourth-order valence-corrected chi connectivity index (χ4v) is 4.72. The minimum absolute atomic E-state index is 0.00645. The largest absolute Gasteiger partial charge is 0.493 e. The van der Waals surface area contributed by atoms with E-state index in [9.17, 15) is 0 Å². The van der Waals surface area contributed by atoms with E-state index in [0.717, 1.165) is 40.5 Å². The topological polar surface area (TPSA) is 56.4 Å². The van der Waals surface area contributed by atoms with E-state index in [0.29, 0.717) is 23.8 Å². The number of fused-ring (bicyclic) bond motifs is 3. The molecule has 0 saturated carbocycles. The third kappa shape index (κ3) is 4.47. The molecular weight excluding hydrogens is 452 g/mol. The van der Waals surface area contributed by atoms with Crippen molar-refractivity contribution < 1.29 is 18.6 Å². The van der Waals surface area contributed by atoms with Gasteiger partial charge in [-0.15, -0.1) is 0 Å². The first-order chi connectivity index (χ1) is 16.7. The lowest BCUT2D eigenvalue weighted by Gasteiger charge is -2.38. The average molecular weight is 481 g/mol. The minimum atomic E-state index is -0.418. The van der Waals surface area contributed by atoms with Gasteiger partial charge in [-0.05, 0) is 55.0 Å². The van der Waals surface area contributed by atoms with Crippen molar-refractivity contribution >= 4 is 17.3 Å². The van der Waals surface area contributed by atoms with Gasteiger partial charge in [-0.3, -0.25) is 0 Å². The van der Waals surface area contributed by atoms with Gasteiger partial charge in [0.1, 0.15) is 17.2 Å². The first kappa shape index (κ1) is 22.7. The molecule has 0 bridgehead atoms. The Morgan fingerprint density at radius 2 is 2.00 bits per heavy atom. The van der Waals surface area contributed by atoms with E-state index >= 15 is 0 Å². The van der Waals surface area contributed by atoms with E-state index in [1.54, 1.807) is 13.4 Å². The van der Waals surface area contributed by atoms with E-state index in [1.165, 1.54) is 19.3 Å². The van der Waals surface area contributed by atoms with Crippen molar-refractivity contribution in [1.82, 2.24) is 5.01 Å². The quantitative estimate of drug-likeness (QED) is 0.304. The lowest BCUT2D eigenvalue weighted by atomic mass is 9.97. The molecule has 2 aliphatic rings. The fourth-order valence-electron chi connectivity index (χ4n) is 4.54. The van der Waals surface area contributed by atoms with Crippen LogP contribution >= 0.6 is 11.6 Å². The molecule has 0 saturated heterocycles. The van der Waals surface area contributed by atoms with Crippen molar-refractivity contribution in [2.24, 2.45) is 5.10 Å². The average Bonchev–Trinajstić information content (AvgIpc) is 3.54. The number of nitrogens with zero attached hydrogens (tertiary/aromatic N) is 2. The molecule has 6 nitrogen and oxygen atoms in total. The number of ether oxygens (including phenoxy) is 3. The van der Waals surface area contributed by atoms with Crippen molar-refractivity contribution in [3.05, 3.63) is 76.7 Å². The Hall–Kier alpha value is -3.12. The Morgan fingerprint density at radius 3 is 2.79 bits per heavy atom. The summed E-state index contributed by atoms with van der Waals surface area (Å²) in [6, 6.07) is 15.5. The molecule has 0 fully saturated rings. The number of unbranched alkanes of at least 4 members (excludes halogenated alkanes) is 3. The predicted octanol–water partition coefficient (Wildman–Crippen LogP) is 7.14. The van der Waals surface area contributed by atoms with Gasteiger partial charge in [-0.2, -0.15) is 5.10 Å².